The summed E-state index contributed by atoms with van der Waals surface area (Å²) in [4.78, 5) is 22.6. The van der Waals surface area contributed by atoms with Gasteiger partial charge in [-0.25, -0.2) is 8.78 Å². The molecule has 1 rings (SSSR count). The number of aliphatic hydroxyl groups excluding tert-OH is 1. The van der Waals surface area contributed by atoms with Crippen molar-refractivity contribution in [1.82, 2.24) is 10.6 Å². The van der Waals surface area contributed by atoms with Crippen molar-refractivity contribution in [3.63, 3.8) is 0 Å². The van der Waals surface area contributed by atoms with Gasteiger partial charge in [-0.3, -0.25) is 9.59 Å². The maximum Gasteiger partial charge on any atom is 0.265 e. The van der Waals surface area contributed by atoms with Crippen molar-refractivity contribution in [3.05, 3.63) is 24.2 Å². The lowest BCUT2D eigenvalue weighted by atomic mass is 10.3. The normalized spacial score (nSPS) is 12.2. The van der Waals surface area contributed by atoms with Gasteiger partial charge in [-0.05, 0) is 6.07 Å². The highest BCUT2D eigenvalue weighted by molar-refractivity contribution is 5.93. The van der Waals surface area contributed by atoms with Gasteiger partial charge in [0.15, 0.2) is 0 Å². The zero-order chi connectivity index (χ0) is 14.3. The lowest BCUT2D eigenvalue weighted by Crippen LogP contribution is -2.37. The second-order valence-corrected chi connectivity index (χ2v) is 3.72. The van der Waals surface area contributed by atoms with Gasteiger partial charge in [0.2, 0.25) is 5.91 Å². The first kappa shape index (κ1) is 15.1. The van der Waals surface area contributed by atoms with Crippen LogP contribution in [-0.2, 0) is 4.79 Å². The quantitative estimate of drug-likeness (QED) is 0.660. The topological polar surface area (TPSA) is 91.6 Å². The third kappa shape index (κ3) is 5.47. The first-order valence-electron chi connectivity index (χ1n) is 5.54. The molecule has 0 saturated carbocycles. The second-order valence-electron chi connectivity index (χ2n) is 3.72. The standard InChI is InChI=1S/C11H14F2N2O4/c12-10(13)8(16)5-15-9(17)1-3-14-11(18)7-2-4-19-6-7/h2,4,6,8,10,16H,1,3,5H2,(H,14,18)(H,15,17). The highest BCUT2D eigenvalue weighted by atomic mass is 19.3. The third-order valence-electron chi connectivity index (χ3n) is 2.22. The predicted octanol–water partition coefficient (Wildman–Crippen LogP) is 0.142. The molecular formula is C11H14F2N2O4. The van der Waals surface area contributed by atoms with E-state index >= 15 is 0 Å². The smallest absolute Gasteiger partial charge is 0.265 e. The zero-order valence-electron chi connectivity index (χ0n) is 9.94. The van der Waals surface area contributed by atoms with E-state index in [0.29, 0.717) is 5.56 Å². The van der Waals surface area contributed by atoms with Crippen molar-refractivity contribution in [2.75, 3.05) is 13.1 Å². The van der Waals surface area contributed by atoms with Crippen LogP contribution in [0.2, 0.25) is 0 Å². The van der Waals surface area contributed by atoms with Crippen LogP contribution < -0.4 is 10.6 Å². The fourth-order valence-corrected chi connectivity index (χ4v) is 1.18. The lowest BCUT2D eigenvalue weighted by Gasteiger charge is -2.10. The molecule has 0 aliphatic rings. The third-order valence-corrected chi connectivity index (χ3v) is 2.22. The van der Waals surface area contributed by atoms with E-state index < -0.39 is 30.9 Å². The van der Waals surface area contributed by atoms with E-state index in [9.17, 15) is 18.4 Å². The minimum Gasteiger partial charge on any atom is -0.472 e. The fraction of sp³-hybridized carbons (Fsp3) is 0.455. The molecule has 2 amide bonds. The average Bonchev–Trinajstić information content (AvgIpc) is 2.89. The van der Waals surface area contributed by atoms with Crippen molar-refractivity contribution < 1.29 is 27.9 Å². The van der Waals surface area contributed by atoms with Crippen molar-refractivity contribution in [2.45, 2.75) is 19.0 Å². The van der Waals surface area contributed by atoms with E-state index in [1.54, 1.807) is 0 Å². The van der Waals surface area contributed by atoms with Crippen LogP contribution in [0.3, 0.4) is 0 Å². The molecule has 106 valence electrons. The number of hydrogen-bond acceptors (Lipinski definition) is 4. The number of furan rings is 1. The maximum absolute atomic E-state index is 11.9. The molecule has 1 aromatic rings. The number of alkyl halides is 2. The lowest BCUT2D eigenvalue weighted by molar-refractivity contribution is -0.122. The van der Waals surface area contributed by atoms with Crippen LogP contribution in [0.15, 0.2) is 23.0 Å². The summed E-state index contributed by atoms with van der Waals surface area (Å²) < 4.78 is 28.6. The Balaban J connectivity index is 2.15. The average molecular weight is 276 g/mol. The number of hydrogen-bond donors (Lipinski definition) is 3. The van der Waals surface area contributed by atoms with Gasteiger partial charge in [0.1, 0.15) is 12.4 Å². The molecule has 0 saturated heterocycles. The fourth-order valence-electron chi connectivity index (χ4n) is 1.18. The van der Waals surface area contributed by atoms with Gasteiger partial charge in [0, 0.05) is 19.5 Å². The van der Waals surface area contributed by atoms with Crippen LogP contribution in [0.5, 0.6) is 0 Å². The highest BCUT2D eigenvalue weighted by Gasteiger charge is 2.17. The van der Waals surface area contributed by atoms with Crippen molar-refractivity contribution in [2.24, 2.45) is 0 Å². The molecular weight excluding hydrogens is 262 g/mol. The van der Waals surface area contributed by atoms with E-state index in [4.69, 9.17) is 9.52 Å². The molecule has 8 heteroatoms. The number of rotatable bonds is 7. The number of aliphatic hydroxyl groups is 1. The first-order chi connectivity index (χ1) is 9.00. The molecule has 3 N–H and O–H groups in total. The minimum atomic E-state index is -2.90. The molecule has 0 fully saturated rings. The molecule has 0 spiro atoms. The Morgan fingerprint density at radius 2 is 2.11 bits per heavy atom. The molecule has 0 aliphatic heterocycles. The van der Waals surface area contributed by atoms with Crippen molar-refractivity contribution >= 4 is 11.8 Å². The largest absolute Gasteiger partial charge is 0.472 e. The Hall–Kier alpha value is -1.96. The monoisotopic (exact) mass is 276 g/mol. The molecule has 0 bridgehead atoms. The minimum absolute atomic E-state index is 0.0562. The van der Waals surface area contributed by atoms with Gasteiger partial charge >= 0.3 is 0 Å². The summed E-state index contributed by atoms with van der Waals surface area (Å²) in [6.45, 7) is -0.465. The predicted molar refractivity (Wildman–Crippen MR) is 60.7 cm³/mol. The summed E-state index contributed by atoms with van der Waals surface area (Å²) in [6, 6.07) is 1.47. The number of carbonyl (C=O) groups is 2. The Kier molecular flexibility index (Phi) is 5.94. The van der Waals surface area contributed by atoms with E-state index in [-0.39, 0.29) is 13.0 Å². The number of nitrogens with one attached hydrogen (secondary N) is 2. The van der Waals surface area contributed by atoms with Crippen molar-refractivity contribution in [1.29, 1.82) is 0 Å². The Morgan fingerprint density at radius 3 is 2.68 bits per heavy atom. The molecule has 19 heavy (non-hydrogen) atoms. The van der Waals surface area contributed by atoms with E-state index in [1.165, 1.54) is 18.6 Å². The molecule has 6 nitrogen and oxygen atoms in total. The van der Waals surface area contributed by atoms with Gasteiger partial charge in [-0.2, -0.15) is 0 Å². The van der Waals surface area contributed by atoms with Gasteiger partial charge in [0.05, 0.1) is 11.8 Å². The molecule has 0 aliphatic carbocycles. The molecule has 0 aromatic carbocycles. The molecule has 0 radical (unpaired) electrons. The highest BCUT2D eigenvalue weighted by Crippen LogP contribution is 1.99. The van der Waals surface area contributed by atoms with E-state index in [1.807, 2.05) is 0 Å². The summed E-state index contributed by atoms with van der Waals surface area (Å²) in [5.74, 6) is -0.929. The van der Waals surface area contributed by atoms with E-state index in [0.717, 1.165) is 0 Å². The Morgan fingerprint density at radius 1 is 1.37 bits per heavy atom. The summed E-state index contributed by atoms with van der Waals surface area (Å²) in [7, 11) is 0. The Bertz CT molecular complexity index is 409. The first-order valence-corrected chi connectivity index (χ1v) is 5.54. The van der Waals surface area contributed by atoms with Crippen LogP contribution in [-0.4, -0.2) is 42.5 Å². The van der Waals surface area contributed by atoms with Gasteiger partial charge < -0.3 is 20.2 Å². The number of halogens is 2. The van der Waals surface area contributed by atoms with Crippen LogP contribution in [0, 0.1) is 0 Å². The van der Waals surface area contributed by atoms with Crippen molar-refractivity contribution in [3.8, 4) is 0 Å². The molecule has 1 aromatic heterocycles. The molecule has 1 heterocycles. The summed E-state index contributed by atoms with van der Waals surface area (Å²) in [5, 5.41) is 13.4. The van der Waals surface area contributed by atoms with E-state index in [2.05, 4.69) is 10.6 Å². The summed E-state index contributed by atoms with van der Waals surface area (Å²) >= 11 is 0. The van der Waals surface area contributed by atoms with Gasteiger partial charge in [0.25, 0.3) is 12.3 Å². The zero-order valence-corrected chi connectivity index (χ0v) is 9.94. The summed E-state index contributed by atoms with van der Waals surface area (Å²) in [5.41, 5.74) is 0.327. The second kappa shape index (κ2) is 7.47. The molecule has 1 atom stereocenters. The maximum atomic E-state index is 11.9. The van der Waals surface area contributed by atoms with Crippen LogP contribution in [0.25, 0.3) is 0 Å². The van der Waals surface area contributed by atoms with Crippen LogP contribution >= 0.6 is 0 Å². The molecule has 1 unspecified atom stereocenters. The van der Waals surface area contributed by atoms with Crippen LogP contribution in [0.1, 0.15) is 16.8 Å². The SMILES string of the molecule is O=C(CCNC(=O)c1ccoc1)NCC(O)C(F)F. The van der Waals surface area contributed by atoms with Crippen LogP contribution in [0.4, 0.5) is 8.78 Å². The Labute approximate surface area is 107 Å². The number of amides is 2. The van der Waals surface area contributed by atoms with Gasteiger partial charge in [-0.1, -0.05) is 0 Å². The summed E-state index contributed by atoms with van der Waals surface area (Å²) in [6.07, 6.45) is -2.26. The number of carbonyl (C=O) groups excluding carboxylic acids is 2. The van der Waals surface area contributed by atoms with Gasteiger partial charge in [-0.15, -0.1) is 0 Å².